The molecular weight excluding hydrogens is 595 g/mol. The van der Waals surface area contributed by atoms with Crippen LogP contribution in [-0.4, -0.2) is 70.7 Å². The van der Waals surface area contributed by atoms with Crippen LogP contribution in [0.15, 0.2) is 64.9 Å². The van der Waals surface area contributed by atoms with Crippen LogP contribution in [0.3, 0.4) is 0 Å². The smallest absolute Gasteiger partial charge is 0.350 e. The highest BCUT2D eigenvalue weighted by molar-refractivity contribution is 7.90. The fraction of sp³-hybridized carbons (Fsp3) is 0.300. The third kappa shape index (κ3) is 5.18. The number of anilines is 1. The summed E-state index contributed by atoms with van der Waals surface area (Å²) in [7, 11) is -3.81. The van der Waals surface area contributed by atoms with E-state index >= 15 is 4.39 Å². The standard InChI is InChI=1S/C30H28ClFN6O4S/c1-4-24(39)36-13-14-37(17(2)16-36)28-21-15-22(32)25(20-8-6-12-33-27(20)31)34-29(21)38(30(40)35-28)26-19(18-10-11-18)7-5-9-23(26)43(3,41)42/h4-9,12,15,17-18H,1,10-11,13-14,16H2,2-3H3/t17-/m0/s1. The first-order valence-corrected chi connectivity index (χ1v) is 16.0. The summed E-state index contributed by atoms with van der Waals surface area (Å²) < 4.78 is 43.2. The van der Waals surface area contributed by atoms with Gasteiger partial charge in [0.2, 0.25) is 5.91 Å². The molecule has 4 aromatic rings. The van der Waals surface area contributed by atoms with Crippen molar-refractivity contribution >= 4 is 44.2 Å². The third-order valence-corrected chi connectivity index (χ3v) is 9.30. The predicted octanol–water partition coefficient (Wildman–Crippen LogP) is 4.14. The third-order valence-electron chi connectivity index (χ3n) is 7.87. The Morgan fingerprint density at radius 1 is 1.16 bits per heavy atom. The van der Waals surface area contributed by atoms with Gasteiger partial charge in [0.05, 0.1) is 16.0 Å². The van der Waals surface area contributed by atoms with Crippen LogP contribution < -0.4 is 10.6 Å². The molecule has 1 saturated heterocycles. The van der Waals surface area contributed by atoms with E-state index in [0.717, 1.165) is 19.1 Å². The van der Waals surface area contributed by atoms with Gasteiger partial charge in [0.1, 0.15) is 22.5 Å². The van der Waals surface area contributed by atoms with Gasteiger partial charge >= 0.3 is 5.69 Å². The molecule has 2 aliphatic rings. The summed E-state index contributed by atoms with van der Waals surface area (Å²) in [6, 6.07) is 9.01. The Kier molecular flexibility index (Phi) is 7.29. The first-order valence-electron chi connectivity index (χ1n) is 13.7. The molecule has 0 N–H and O–H groups in total. The number of pyridine rings is 2. The number of para-hydroxylation sites is 1. The van der Waals surface area contributed by atoms with Gasteiger partial charge in [-0.2, -0.15) is 4.98 Å². The minimum Gasteiger partial charge on any atom is -0.350 e. The quantitative estimate of drug-likeness (QED) is 0.233. The number of rotatable bonds is 6. The number of hydrogen-bond donors (Lipinski definition) is 0. The van der Waals surface area contributed by atoms with E-state index in [0.29, 0.717) is 25.2 Å². The largest absolute Gasteiger partial charge is 0.355 e. The Labute approximate surface area is 252 Å². The molecule has 1 atom stereocenters. The molecule has 43 heavy (non-hydrogen) atoms. The number of nitrogens with zero attached hydrogens (tertiary/aromatic N) is 6. The molecule has 1 saturated carbocycles. The van der Waals surface area contributed by atoms with Crippen molar-refractivity contribution < 1.29 is 17.6 Å². The second kappa shape index (κ2) is 10.8. The van der Waals surface area contributed by atoms with Crippen LogP contribution >= 0.6 is 11.6 Å². The lowest BCUT2D eigenvalue weighted by molar-refractivity contribution is -0.126. The molecule has 0 unspecified atom stereocenters. The molecule has 1 aliphatic carbocycles. The molecule has 6 rings (SSSR count). The topological polar surface area (TPSA) is 118 Å². The molecule has 1 aromatic carbocycles. The highest BCUT2D eigenvalue weighted by Crippen LogP contribution is 2.45. The number of halogens is 2. The number of piperazine rings is 1. The molecule has 0 radical (unpaired) electrons. The van der Waals surface area contributed by atoms with Crippen LogP contribution in [-0.2, 0) is 14.6 Å². The van der Waals surface area contributed by atoms with Crippen molar-refractivity contribution in [1.82, 2.24) is 24.4 Å². The molecule has 0 bridgehead atoms. The molecule has 222 valence electrons. The van der Waals surface area contributed by atoms with Crippen molar-refractivity contribution in [2.45, 2.75) is 36.6 Å². The number of hydrogen-bond acceptors (Lipinski definition) is 8. The van der Waals surface area contributed by atoms with E-state index in [-0.39, 0.29) is 61.7 Å². The summed E-state index contributed by atoms with van der Waals surface area (Å²) in [5.41, 5.74) is 0.178. The lowest BCUT2D eigenvalue weighted by atomic mass is 10.1. The van der Waals surface area contributed by atoms with Crippen LogP contribution in [0.5, 0.6) is 0 Å². The van der Waals surface area contributed by atoms with E-state index in [9.17, 15) is 18.0 Å². The number of fused-ring (bicyclic) bond motifs is 1. The van der Waals surface area contributed by atoms with E-state index in [2.05, 4.69) is 21.5 Å². The van der Waals surface area contributed by atoms with Crippen molar-refractivity contribution in [3.8, 4) is 16.9 Å². The maximum atomic E-state index is 15.9. The van der Waals surface area contributed by atoms with Crippen LogP contribution in [0.4, 0.5) is 10.2 Å². The van der Waals surface area contributed by atoms with E-state index in [1.165, 1.54) is 29.0 Å². The SMILES string of the molecule is C=CC(=O)N1CCN(c2nc(=O)n(-c3c(C4CC4)cccc3S(C)(=O)=O)c3nc(-c4cccnc4Cl)c(F)cc23)[C@@H](C)C1. The minimum atomic E-state index is -3.81. The second-order valence-electron chi connectivity index (χ2n) is 10.9. The number of carbonyl (C=O) groups excluding carboxylic acids is 1. The van der Waals surface area contributed by atoms with Crippen molar-refractivity contribution in [2.24, 2.45) is 0 Å². The zero-order valence-corrected chi connectivity index (χ0v) is 25.1. The molecule has 4 heterocycles. The predicted molar refractivity (Wildman–Crippen MR) is 162 cm³/mol. The van der Waals surface area contributed by atoms with E-state index < -0.39 is 21.3 Å². The van der Waals surface area contributed by atoms with Crippen molar-refractivity contribution in [1.29, 1.82) is 0 Å². The molecular formula is C30H28ClFN6O4S. The summed E-state index contributed by atoms with van der Waals surface area (Å²) >= 11 is 6.33. The summed E-state index contributed by atoms with van der Waals surface area (Å²) in [6.07, 6.45) is 5.46. The van der Waals surface area contributed by atoms with Gasteiger partial charge < -0.3 is 9.80 Å². The van der Waals surface area contributed by atoms with Crippen LogP contribution in [0.1, 0.15) is 31.2 Å². The molecule has 2 fully saturated rings. The summed E-state index contributed by atoms with van der Waals surface area (Å²) in [4.78, 5) is 42.9. The maximum Gasteiger partial charge on any atom is 0.355 e. The highest BCUT2D eigenvalue weighted by atomic mass is 35.5. The van der Waals surface area contributed by atoms with Gasteiger partial charge in [0.25, 0.3) is 0 Å². The van der Waals surface area contributed by atoms with Gasteiger partial charge in [-0.3, -0.25) is 4.79 Å². The lowest BCUT2D eigenvalue weighted by Crippen LogP contribution is -2.54. The number of aromatic nitrogens is 4. The van der Waals surface area contributed by atoms with Gasteiger partial charge in [-0.25, -0.2) is 32.1 Å². The Morgan fingerprint density at radius 2 is 1.93 bits per heavy atom. The molecule has 1 aliphatic heterocycles. The Morgan fingerprint density at radius 3 is 2.58 bits per heavy atom. The molecule has 10 nitrogen and oxygen atoms in total. The second-order valence-corrected chi connectivity index (χ2v) is 13.2. The first kappa shape index (κ1) is 28.9. The Bertz CT molecular complexity index is 1980. The van der Waals surface area contributed by atoms with Gasteiger partial charge in [0, 0.05) is 43.7 Å². The van der Waals surface area contributed by atoms with Crippen molar-refractivity contribution in [3.05, 3.63) is 82.3 Å². The van der Waals surface area contributed by atoms with Gasteiger partial charge in [-0.1, -0.05) is 30.3 Å². The van der Waals surface area contributed by atoms with Gasteiger partial charge in [-0.05, 0) is 61.6 Å². The Balaban J connectivity index is 1.67. The van der Waals surface area contributed by atoms with E-state index in [4.69, 9.17) is 11.6 Å². The van der Waals surface area contributed by atoms with Gasteiger partial charge in [-0.15, -0.1) is 0 Å². The number of benzene rings is 1. The van der Waals surface area contributed by atoms with Crippen molar-refractivity contribution in [3.63, 3.8) is 0 Å². The average Bonchev–Trinajstić information content (AvgIpc) is 3.82. The number of carbonyl (C=O) groups is 1. The number of sulfone groups is 1. The fourth-order valence-corrected chi connectivity index (χ4v) is 6.78. The van der Waals surface area contributed by atoms with Crippen LogP contribution in [0.25, 0.3) is 28.0 Å². The molecule has 1 amide bonds. The Hall–Kier alpha value is -4.16. The number of amides is 1. The van der Waals surface area contributed by atoms with Gasteiger partial charge in [0.15, 0.2) is 15.5 Å². The molecule has 3 aromatic heterocycles. The lowest BCUT2D eigenvalue weighted by Gasteiger charge is -2.40. The zero-order chi connectivity index (χ0) is 30.6. The monoisotopic (exact) mass is 622 g/mol. The first-order chi connectivity index (χ1) is 20.5. The van der Waals surface area contributed by atoms with Crippen LogP contribution in [0, 0.1) is 5.82 Å². The van der Waals surface area contributed by atoms with Crippen LogP contribution in [0.2, 0.25) is 5.15 Å². The fourth-order valence-electron chi connectivity index (χ4n) is 5.68. The summed E-state index contributed by atoms with van der Waals surface area (Å²) in [5, 5.41) is 0.226. The van der Waals surface area contributed by atoms with Crippen molar-refractivity contribution in [2.75, 3.05) is 30.8 Å². The summed E-state index contributed by atoms with van der Waals surface area (Å²) in [6.45, 7) is 6.42. The summed E-state index contributed by atoms with van der Waals surface area (Å²) in [5.74, 6) is -0.686. The average molecular weight is 623 g/mol. The zero-order valence-electron chi connectivity index (χ0n) is 23.5. The molecule has 0 spiro atoms. The molecule has 13 heteroatoms. The normalized spacial score (nSPS) is 17.3. The van der Waals surface area contributed by atoms with E-state index in [1.54, 1.807) is 29.2 Å². The maximum absolute atomic E-state index is 15.9. The highest BCUT2D eigenvalue weighted by Gasteiger charge is 2.34. The van der Waals surface area contributed by atoms with E-state index in [1.807, 2.05) is 11.8 Å². The minimum absolute atomic E-state index is 0.0169.